The number of nitrogens with one attached hydrogen (secondary N) is 1. The molecule has 2 aliphatic heterocycles. The van der Waals surface area contributed by atoms with Gasteiger partial charge in [0.05, 0.1) is 5.92 Å². The molecule has 1 fully saturated rings. The molecule has 1 unspecified atom stereocenters. The molecule has 2 heterocycles. The van der Waals surface area contributed by atoms with Crippen molar-refractivity contribution in [3.05, 3.63) is 59.7 Å². The van der Waals surface area contributed by atoms with E-state index in [0.717, 1.165) is 17.7 Å². The summed E-state index contributed by atoms with van der Waals surface area (Å²) < 4.78 is 0. The van der Waals surface area contributed by atoms with Crippen LogP contribution < -0.4 is 10.2 Å². The zero-order valence-electron chi connectivity index (χ0n) is 15.3. The van der Waals surface area contributed by atoms with Crippen LogP contribution in [0.5, 0.6) is 0 Å². The maximum Gasteiger partial charge on any atom is 0.321 e. The van der Waals surface area contributed by atoms with Gasteiger partial charge in [0.25, 0.3) is 5.91 Å². The lowest BCUT2D eigenvalue weighted by Crippen LogP contribution is -2.34. The van der Waals surface area contributed by atoms with E-state index in [-0.39, 0.29) is 18.5 Å². The van der Waals surface area contributed by atoms with Crippen LogP contribution in [0.3, 0.4) is 0 Å². The first-order valence-electron chi connectivity index (χ1n) is 9.31. The fraction of sp³-hybridized carbons (Fsp3) is 0.286. The summed E-state index contributed by atoms with van der Waals surface area (Å²) in [5, 5.41) is 11.8. The van der Waals surface area contributed by atoms with Gasteiger partial charge in [0.1, 0.15) is 0 Å². The summed E-state index contributed by atoms with van der Waals surface area (Å²) in [5.41, 5.74) is 3.10. The van der Waals surface area contributed by atoms with Gasteiger partial charge in [0.15, 0.2) is 0 Å². The minimum Gasteiger partial charge on any atom is -0.481 e. The molecule has 0 saturated carbocycles. The Balaban J connectivity index is 1.46. The summed E-state index contributed by atoms with van der Waals surface area (Å²) in [7, 11) is 0. The van der Waals surface area contributed by atoms with E-state index in [0.29, 0.717) is 30.8 Å². The van der Waals surface area contributed by atoms with Crippen LogP contribution in [0.4, 0.5) is 16.2 Å². The minimum absolute atomic E-state index is 0.104. The van der Waals surface area contributed by atoms with Crippen molar-refractivity contribution in [1.82, 2.24) is 4.90 Å². The number of carbonyl (C=O) groups excluding carboxylic acids is 2. The Morgan fingerprint density at radius 2 is 1.86 bits per heavy atom. The van der Waals surface area contributed by atoms with E-state index in [1.807, 2.05) is 24.3 Å². The number of hydrogen-bond donors (Lipinski definition) is 2. The molecule has 7 heteroatoms. The summed E-state index contributed by atoms with van der Waals surface area (Å²) in [6.07, 6.45) is 1.29. The molecule has 2 aliphatic rings. The van der Waals surface area contributed by atoms with E-state index in [2.05, 4.69) is 5.32 Å². The molecular formula is C21H21N3O4. The van der Waals surface area contributed by atoms with Gasteiger partial charge < -0.3 is 20.2 Å². The maximum absolute atomic E-state index is 13.0. The van der Waals surface area contributed by atoms with Crippen molar-refractivity contribution >= 4 is 29.3 Å². The Labute approximate surface area is 162 Å². The van der Waals surface area contributed by atoms with E-state index in [1.54, 1.807) is 29.2 Å². The molecule has 2 aromatic carbocycles. The summed E-state index contributed by atoms with van der Waals surface area (Å²) in [4.78, 5) is 39.7. The third-order valence-corrected chi connectivity index (χ3v) is 5.32. The number of benzene rings is 2. The number of fused-ring (bicyclic) bond motifs is 1. The monoisotopic (exact) mass is 379 g/mol. The van der Waals surface area contributed by atoms with Crippen LogP contribution >= 0.6 is 0 Å². The number of carboxylic acids is 1. The van der Waals surface area contributed by atoms with Gasteiger partial charge in [-0.25, -0.2) is 4.79 Å². The predicted octanol–water partition coefficient (Wildman–Crippen LogP) is 2.83. The number of hydrogen-bond acceptors (Lipinski definition) is 3. The quantitative estimate of drug-likeness (QED) is 0.858. The third-order valence-electron chi connectivity index (χ3n) is 5.32. The van der Waals surface area contributed by atoms with Gasteiger partial charge in [-0.2, -0.15) is 0 Å². The summed E-state index contributed by atoms with van der Waals surface area (Å²) in [6.45, 7) is 1.25. The van der Waals surface area contributed by atoms with Crippen LogP contribution in [-0.4, -0.2) is 47.5 Å². The van der Waals surface area contributed by atoms with Gasteiger partial charge in [0, 0.05) is 36.6 Å². The van der Waals surface area contributed by atoms with Crippen molar-refractivity contribution in [2.45, 2.75) is 12.8 Å². The van der Waals surface area contributed by atoms with Crippen molar-refractivity contribution in [3.8, 4) is 0 Å². The lowest BCUT2D eigenvalue weighted by molar-refractivity contribution is -0.141. The topological polar surface area (TPSA) is 90.0 Å². The van der Waals surface area contributed by atoms with E-state index in [1.165, 1.54) is 4.90 Å². The van der Waals surface area contributed by atoms with Crippen LogP contribution in [0.1, 0.15) is 22.3 Å². The third kappa shape index (κ3) is 3.43. The second-order valence-corrected chi connectivity index (χ2v) is 7.12. The van der Waals surface area contributed by atoms with Gasteiger partial charge in [-0.3, -0.25) is 9.59 Å². The number of para-hydroxylation sites is 1. The van der Waals surface area contributed by atoms with Crippen LogP contribution in [0.2, 0.25) is 0 Å². The summed E-state index contributed by atoms with van der Waals surface area (Å²) in [5.74, 6) is -1.50. The Morgan fingerprint density at radius 1 is 1.04 bits per heavy atom. The Bertz CT molecular complexity index is 943. The van der Waals surface area contributed by atoms with Crippen LogP contribution in [0, 0.1) is 5.92 Å². The van der Waals surface area contributed by atoms with Crippen molar-refractivity contribution in [1.29, 1.82) is 0 Å². The summed E-state index contributed by atoms with van der Waals surface area (Å²) >= 11 is 0. The lowest BCUT2D eigenvalue weighted by atomic mass is 10.1. The largest absolute Gasteiger partial charge is 0.481 e. The highest BCUT2D eigenvalue weighted by Crippen LogP contribution is 2.29. The van der Waals surface area contributed by atoms with Crippen LogP contribution in [0.25, 0.3) is 0 Å². The summed E-state index contributed by atoms with van der Waals surface area (Å²) in [6, 6.07) is 14.3. The number of rotatable bonds is 3. The molecule has 144 valence electrons. The highest BCUT2D eigenvalue weighted by atomic mass is 16.4. The highest BCUT2D eigenvalue weighted by molar-refractivity contribution is 6.08. The van der Waals surface area contributed by atoms with Crippen molar-refractivity contribution in [2.24, 2.45) is 5.92 Å². The molecule has 1 atom stereocenters. The lowest BCUT2D eigenvalue weighted by Gasteiger charge is -2.19. The van der Waals surface area contributed by atoms with Gasteiger partial charge >= 0.3 is 12.0 Å². The average Bonchev–Trinajstić information content (AvgIpc) is 3.35. The van der Waals surface area contributed by atoms with Gasteiger partial charge in [0.2, 0.25) is 0 Å². The number of carbonyl (C=O) groups is 3. The Kier molecular flexibility index (Phi) is 4.73. The fourth-order valence-electron chi connectivity index (χ4n) is 3.78. The normalized spacial score (nSPS) is 18.1. The second kappa shape index (κ2) is 7.34. The maximum atomic E-state index is 13.0. The van der Waals surface area contributed by atoms with Crippen molar-refractivity contribution in [2.75, 3.05) is 29.9 Å². The number of anilines is 2. The first kappa shape index (κ1) is 18.0. The number of carboxylic acid groups (broad SMARTS) is 1. The zero-order valence-corrected chi connectivity index (χ0v) is 15.3. The van der Waals surface area contributed by atoms with Gasteiger partial charge in [-0.1, -0.05) is 24.3 Å². The fourth-order valence-corrected chi connectivity index (χ4v) is 3.78. The zero-order chi connectivity index (χ0) is 19.7. The molecular weight excluding hydrogens is 358 g/mol. The number of aliphatic carboxylic acids is 1. The molecule has 0 aromatic heterocycles. The SMILES string of the molecule is O=C(O)C1CCN(C(=O)Nc2cccc(C(=O)N3CCc4ccccc43)c2)C1. The average molecular weight is 379 g/mol. The molecule has 0 bridgehead atoms. The number of nitrogens with zero attached hydrogens (tertiary/aromatic N) is 2. The van der Waals surface area contributed by atoms with Crippen molar-refractivity contribution < 1.29 is 19.5 Å². The first-order valence-corrected chi connectivity index (χ1v) is 9.31. The first-order chi connectivity index (χ1) is 13.5. The van der Waals surface area contributed by atoms with Crippen LogP contribution in [-0.2, 0) is 11.2 Å². The molecule has 2 aromatic rings. The second-order valence-electron chi connectivity index (χ2n) is 7.12. The molecule has 3 amide bonds. The number of urea groups is 1. The Morgan fingerprint density at radius 3 is 2.64 bits per heavy atom. The molecule has 0 radical (unpaired) electrons. The minimum atomic E-state index is -0.881. The molecule has 28 heavy (non-hydrogen) atoms. The van der Waals surface area contributed by atoms with E-state index >= 15 is 0 Å². The Hall–Kier alpha value is -3.35. The smallest absolute Gasteiger partial charge is 0.321 e. The molecule has 7 nitrogen and oxygen atoms in total. The number of amides is 3. The van der Waals surface area contributed by atoms with E-state index in [9.17, 15) is 14.4 Å². The van der Waals surface area contributed by atoms with Gasteiger partial charge in [-0.05, 0) is 42.7 Å². The number of likely N-dealkylation sites (tertiary alicyclic amines) is 1. The van der Waals surface area contributed by atoms with E-state index < -0.39 is 11.9 Å². The van der Waals surface area contributed by atoms with Crippen LogP contribution in [0.15, 0.2) is 48.5 Å². The predicted molar refractivity (Wildman–Crippen MR) is 105 cm³/mol. The molecule has 1 saturated heterocycles. The van der Waals surface area contributed by atoms with Gasteiger partial charge in [-0.15, -0.1) is 0 Å². The highest BCUT2D eigenvalue weighted by Gasteiger charge is 2.31. The molecule has 0 spiro atoms. The van der Waals surface area contributed by atoms with E-state index in [4.69, 9.17) is 5.11 Å². The molecule has 2 N–H and O–H groups in total. The molecule has 4 rings (SSSR count). The van der Waals surface area contributed by atoms with Crippen molar-refractivity contribution in [3.63, 3.8) is 0 Å². The standard InChI is InChI=1S/C21H21N3O4/c25-19(24-11-9-14-4-1-2-7-18(14)24)15-5-3-6-17(12-15)22-21(28)23-10-8-16(13-23)20(26)27/h1-7,12,16H,8-11,13H2,(H,22,28)(H,26,27). The molecule has 0 aliphatic carbocycles.